The van der Waals surface area contributed by atoms with Crippen molar-refractivity contribution in [1.29, 1.82) is 0 Å². The van der Waals surface area contributed by atoms with Crippen LogP contribution in [0.1, 0.15) is 23.2 Å². The topological polar surface area (TPSA) is 49.3 Å². The third-order valence-corrected chi connectivity index (χ3v) is 3.63. The minimum atomic E-state index is -0.183. The molecule has 1 aliphatic rings. The smallest absolute Gasteiger partial charge is 0.256 e. The number of halogens is 1. The Kier molecular flexibility index (Phi) is 3.44. The maximum absolute atomic E-state index is 11.9. The highest BCUT2D eigenvalue weighted by molar-refractivity contribution is 9.10. The van der Waals surface area contributed by atoms with Gasteiger partial charge in [0, 0.05) is 15.4 Å². The highest BCUT2D eigenvalue weighted by atomic mass is 79.9. The Labute approximate surface area is 107 Å². The summed E-state index contributed by atoms with van der Waals surface area (Å²) >= 11 is 4.74. The van der Waals surface area contributed by atoms with Crippen molar-refractivity contribution in [1.82, 2.24) is 5.32 Å². The number of phenols is 1. The number of nitrogens with one attached hydrogen (secondary N) is 1. The molecule has 16 heavy (non-hydrogen) atoms. The molecule has 0 aromatic heterocycles. The van der Waals surface area contributed by atoms with Crippen LogP contribution in [0.4, 0.5) is 0 Å². The first-order chi connectivity index (χ1) is 7.61. The van der Waals surface area contributed by atoms with Crippen molar-refractivity contribution in [2.75, 3.05) is 6.26 Å². The number of rotatable bonds is 3. The first kappa shape index (κ1) is 11.8. The zero-order valence-corrected chi connectivity index (χ0v) is 11.2. The maximum Gasteiger partial charge on any atom is 0.256 e. The maximum atomic E-state index is 11.9. The number of aromatic hydroxyl groups is 1. The van der Waals surface area contributed by atoms with E-state index in [1.165, 1.54) is 11.8 Å². The predicted octanol–water partition coefficient (Wildman–Crippen LogP) is 2.77. The number of hydrogen-bond donors (Lipinski definition) is 2. The third-order valence-electron chi connectivity index (χ3n) is 2.41. The number of phenolic OH excluding ortho intramolecular Hbond substituents is 1. The SMILES string of the molecule is CSc1cc(Br)cc(O)c1C(=O)NC1CC1. The van der Waals surface area contributed by atoms with Gasteiger partial charge in [-0.1, -0.05) is 15.9 Å². The molecule has 3 nitrogen and oxygen atoms in total. The number of thioether (sulfide) groups is 1. The van der Waals surface area contributed by atoms with E-state index >= 15 is 0 Å². The predicted molar refractivity (Wildman–Crippen MR) is 68.1 cm³/mol. The number of benzene rings is 1. The van der Waals surface area contributed by atoms with Crippen molar-refractivity contribution in [3.8, 4) is 5.75 Å². The Balaban J connectivity index is 2.32. The lowest BCUT2D eigenvalue weighted by atomic mass is 10.2. The summed E-state index contributed by atoms with van der Waals surface area (Å²) in [7, 11) is 0. The van der Waals surface area contributed by atoms with Gasteiger partial charge < -0.3 is 10.4 Å². The molecule has 0 aliphatic heterocycles. The van der Waals surface area contributed by atoms with Crippen LogP contribution >= 0.6 is 27.7 Å². The second kappa shape index (κ2) is 4.67. The van der Waals surface area contributed by atoms with Gasteiger partial charge in [0.2, 0.25) is 0 Å². The van der Waals surface area contributed by atoms with Crippen LogP contribution in [0.15, 0.2) is 21.5 Å². The van der Waals surface area contributed by atoms with Crippen LogP contribution in [0, 0.1) is 0 Å². The molecule has 0 heterocycles. The average Bonchev–Trinajstić information content (AvgIpc) is 2.99. The first-order valence-electron chi connectivity index (χ1n) is 4.99. The molecule has 0 bridgehead atoms. The van der Waals surface area contributed by atoms with E-state index in [1.54, 1.807) is 6.07 Å². The van der Waals surface area contributed by atoms with E-state index in [2.05, 4.69) is 21.2 Å². The lowest BCUT2D eigenvalue weighted by molar-refractivity contribution is 0.0945. The number of amides is 1. The van der Waals surface area contributed by atoms with Gasteiger partial charge >= 0.3 is 0 Å². The molecule has 0 unspecified atom stereocenters. The van der Waals surface area contributed by atoms with Crippen LogP contribution in [0.25, 0.3) is 0 Å². The Morgan fingerprint density at radius 3 is 2.81 bits per heavy atom. The van der Waals surface area contributed by atoms with E-state index in [0.717, 1.165) is 22.2 Å². The molecular formula is C11H12BrNO2S. The standard InChI is InChI=1S/C11H12BrNO2S/c1-16-9-5-6(12)4-8(14)10(9)11(15)13-7-2-3-7/h4-5,7,14H,2-3H2,1H3,(H,13,15). The molecule has 0 spiro atoms. The zero-order chi connectivity index (χ0) is 11.7. The summed E-state index contributed by atoms with van der Waals surface area (Å²) in [5.41, 5.74) is 0.377. The van der Waals surface area contributed by atoms with Gasteiger partial charge in [0.15, 0.2) is 0 Å². The molecule has 86 valence electrons. The van der Waals surface area contributed by atoms with Crippen molar-refractivity contribution in [2.24, 2.45) is 0 Å². The third kappa shape index (κ3) is 2.52. The summed E-state index contributed by atoms with van der Waals surface area (Å²) in [6, 6.07) is 3.68. The minimum absolute atomic E-state index is 0.0249. The van der Waals surface area contributed by atoms with Gasteiger partial charge in [-0.05, 0) is 31.2 Å². The van der Waals surface area contributed by atoms with Gasteiger partial charge in [0.1, 0.15) is 5.75 Å². The van der Waals surface area contributed by atoms with Crippen LogP contribution in [-0.4, -0.2) is 23.3 Å². The Morgan fingerprint density at radius 1 is 1.56 bits per heavy atom. The van der Waals surface area contributed by atoms with E-state index in [-0.39, 0.29) is 11.7 Å². The lowest BCUT2D eigenvalue weighted by Crippen LogP contribution is -2.26. The number of carbonyl (C=O) groups excluding carboxylic acids is 1. The van der Waals surface area contributed by atoms with E-state index < -0.39 is 0 Å². The minimum Gasteiger partial charge on any atom is -0.507 e. The average molecular weight is 302 g/mol. The zero-order valence-electron chi connectivity index (χ0n) is 8.79. The van der Waals surface area contributed by atoms with E-state index in [4.69, 9.17) is 0 Å². The fourth-order valence-corrected chi connectivity index (χ4v) is 2.69. The molecule has 1 fully saturated rings. The number of carbonyl (C=O) groups is 1. The van der Waals surface area contributed by atoms with Crippen molar-refractivity contribution < 1.29 is 9.90 Å². The quantitative estimate of drug-likeness (QED) is 0.844. The van der Waals surface area contributed by atoms with Gasteiger partial charge in [-0.15, -0.1) is 11.8 Å². The molecular weight excluding hydrogens is 290 g/mol. The highest BCUT2D eigenvalue weighted by Crippen LogP contribution is 2.33. The lowest BCUT2D eigenvalue weighted by Gasteiger charge is -2.10. The molecule has 5 heteroatoms. The van der Waals surface area contributed by atoms with E-state index in [9.17, 15) is 9.90 Å². The van der Waals surface area contributed by atoms with Gasteiger partial charge in [0.25, 0.3) is 5.91 Å². The van der Waals surface area contributed by atoms with E-state index in [0.29, 0.717) is 11.6 Å². The summed E-state index contributed by atoms with van der Waals surface area (Å²) in [5.74, 6) is -0.159. The Bertz CT molecular complexity index is 432. The molecule has 0 saturated heterocycles. The van der Waals surface area contributed by atoms with Gasteiger partial charge in [-0.3, -0.25) is 4.79 Å². The molecule has 1 saturated carbocycles. The van der Waals surface area contributed by atoms with Gasteiger partial charge in [0.05, 0.1) is 5.56 Å². The number of hydrogen-bond acceptors (Lipinski definition) is 3. The summed E-state index contributed by atoms with van der Waals surface area (Å²) in [4.78, 5) is 12.7. The van der Waals surface area contributed by atoms with Crippen LogP contribution in [0.2, 0.25) is 0 Å². The fraction of sp³-hybridized carbons (Fsp3) is 0.364. The van der Waals surface area contributed by atoms with Crippen LogP contribution in [0.5, 0.6) is 5.75 Å². The molecule has 2 N–H and O–H groups in total. The monoisotopic (exact) mass is 301 g/mol. The second-order valence-electron chi connectivity index (χ2n) is 3.75. The molecule has 1 aromatic rings. The molecule has 1 aliphatic carbocycles. The van der Waals surface area contributed by atoms with Crippen LogP contribution in [0.3, 0.4) is 0 Å². The summed E-state index contributed by atoms with van der Waals surface area (Å²) in [6.45, 7) is 0. The fourth-order valence-electron chi connectivity index (χ4n) is 1.44. The summed E-state index contributed by atoms with van der Waals surface area (Å²) < 4.78 is 0.775. The molecule has 0 radical (unpaired) electrons. The largest absolute Gasteiger partial charge is 0.507 e. The van der Waals surface area contributed by atoms with Crippen molar-refractivity contribution in [3.05, 3.63) is 22.2 Å². The normalized spacial score (nSPS) is 14.9. The van der Waals surface area contributed by atoms with Crippen molar-refractivity contribution >= 4 is 33.6 Å². The van der Waals surface area contributed by atoms with Gasteiger partial charge in [-0.2, -0.15) is 0 Å². The van der Waals surface area contributed by atoms with E-state index in [1.807, 2.05) is 12.3 Å². The first-order valence-corrected chi connectivity index (χ1v) is 7.01. The molecule has 0 atom stereocenters. The van der Waals surface area contributed by atoms with Gasteiger partial charge in [-0.25, -0.2) is 0 Å². The second-order valence-corrected chi connectivity index (χ2v) is 5.51. The van der Waals surface area contributed by atoms with Crippen molar-refractivity contribution in [2.45, 2.75) is 23.8 Å². The van der Waals surface area contributed by atoms with Crippen LogP contribution < -0.4 is 5.32 Å². The summed E-state index contributed by atoms with van der Waals surface area (Å²) in [5, 5.41) is 12.7. The molecule has 1 aromatic carbocycles. The molecule has 1 amide bonds. The molecule has 2 rings (SSSR count). The highest BCUT2D eigenvalue weighted by Gasteiger charge is 2.26. The Morgan fingerprint density at radius 2 is 2.25 bits per heavy atom. The van der Waals surface area contributed by atoms with Crippen LogP contribution in [-0.2, 0) is 0 Å². The Hall–Kier alpha value is -0.680. The summed E-state index contributed by atoms with van der Waals surface area (Å²) in [6.07, 6.45) is 3.96. The van der Waals surface area contributed by atoms with Crippen molar-refractivity contribution in [3.63, 3.8) is 0 Å².